The highest BCUT2D eigenvalue weighted by Gasteiger charge is 2.02. The van der Waals surface area contributed by atoms with Gasteiger partial charge >= 0.3 is 0 Å². The third kappa shape index (κ3) is 1.67. The van der Waals surface area contributed by atoms with E-state index in [1.807, 2.05) is 26.1 Å². The first kappa shape index (κ1) is 7.99. The molecular weight excluding hydrogens is 134 g/mol. The number of hydrogen-bond acceptors (Lipinski definition) is 1. The van der Waals surface area contributed by atoms with Gasteiger partial charge in [0.05, 0.1) is 5.69 Å². The molecule has 1 aliphatic rings. The predicted octanol–water partition coefficient (Wildman–Crippen LogP) is 2.68. The monoisotopic (exact) mass is 147 g/mol. The van der Waals surface area contributed by atoms with Gasteiger partial charge in [-0.25, -0.2) is 0 Å². The maximum absolute atomic E-state index is 4.20. The van der Waals surface area contributed by atoms with Gasteiger partial charge in [-0.05, 0) is 11.6 Å². The number of fused-ring (bicyclic) bond motifs is 1. The summed E-state index contributed by atoms with van der Waals surface area (Å²) < 4.78 is 0. The maximum Gasteiger partial charge on any atom is 0.0513 e. The third-order valence-electron chi connectivity index (χ3n) is 1.53. The van der Waals surface area contributed by atoms with Gasteiger partial charge in [0.15, 0.2) is 0 Å². The molecule has 0 aliphatic heterocycles. The summed E-state index contributed by atoms with van der Waals surface area (Å²) in [6.45, 7) is 4.00. The fourth-order valence-corrected chi connectivity index (χ4v) is 1.07. The van der Waals surface area contributed by atoms with Crippen LogP contribution in [-0.2, 0) is 6.42 Å². The van der Waals surface area contributed by atoms with Gasteiger partial charge < -0.3 is 0 Å². The van der Waals surface area contributed by atoms with Crippen LogP contribution in [0, 0.1) is 0 Å². The molecular formula is C10H13N. The van der Waals surface area contributed by atoms with E-state index in [1.165, 1.54) is 11.3 Å². The lowest BCUT2D eigenvalue weighted by atomic mass is 10.2. The van der Waals surface area contributed by atoms with Gasteiger partial charge in [0.2, 0.25) is 0 Å². The van der Waals surface area contributed by atoms with Crippen LogP contribution in [0.5, 0.6) is 0 Å². The number of rotatable bonds is 0. The average molecular weight is 147 g/mol. The van der Waals surface area contributed by atoms with E-state index in [9.17, 15) is 0 Å². The van der Waals surface area contributed by atoms with Gasteiger partial charge in [0.1, 0.15) is 0 Å². The molecule has 1 aromatic rings. The zero-order chi connectivity index (χ0) is 8.10. The highest BCUT2D eigenvalue weighted by Crippen LogP contribution is 2.14. The lowest BCUT2D eigenvalue weighted by molar-refractivity contribution is 1.13. The zero-order valence-corrected chi connectivity index (χ0v) is 7.04. The molecule has 1 aromatic heterocycles. The van der Waals surface area contributed by atoms with Gasteiger partial charge in [-0.3, -0.25) is 4.98 Å². The molecule has 0 fully saturated rings. The minimum Gasteiger partial charge on any atom is -0.260 e. The van der Waals surface area contributed by atoms with Crippen molar-refractivity contribution in [2.24, 2.45) is 0 Å². The van der Waals surface area contributed by atoms with Crippen molar-refractivity contribution in [2.45, 2.75) is 20.3 Å². The molecule has 0 amide bonds. The molecule has 0 unspecified atom stereocenters. The Morgan fingerprint density at radius 1 is 1.36 bits per heavy atom. The summed E-state index contributed by atoms with van der Waals surface area (Å²) >= 11 is 0. The van der Waals surface area contributed by atoms with Crippen molar-refractivity contribution in [2.75, 3.05) is 0 Å². The lowest BCUT2D eigenvalue weighted by Crippen LogP contribution is -1.83. The molecule has 1 heterocycles. The third-order valence-corrected chi connectivity index (χ3v) is 1.53. The second kappa shape index (κ2) is 3.91. The highest BCUT2D eigenvalue weighted by molar-refractivity contribution is 5.57. The minimum absolute atomic E-state index is 1.01. The Kier molecular flexibility index (Phi) is 2.84. The standard InChI is InChI=1S/C8H7N.C2H6/c1-3-7-4-2-6-9-8(7)5-1;1-2/h1-4,6H,5H2;1-2H3. The molecule has 0 aromatic carbocycles. The van der Waals surface area contributed by atoms with Crippen LogP contribution in [0.1, 0.15) is 25.1 Å². The Bertz CT molecular complexity index is 251. The Morgan fingerprint density at radius 2 is 2.18 bits per heavy atom. The van der Waals surface area contributed by atoms with E-state index >= 15 is 0 Å². The molecule has 58 valence electrons. The van der Waals surface area contributed by atoms with E-state index in [0.29, 0.717) is 0 Å². The Morgan fingerprint density at radius 3 is 2.91 bits per heavy atom. The summed E-state index contributed by atoms with van der Waals surface area (Å²) in [4.78, 5) is 4.20. The summed E-state index contributed by atoms with van der Waals surface area (Å²) in [6, 6.07) is 4.06. The predicted molar refractivity (Wildman–Crippen MR) is 48.3 cm³/mol. The van der Waals surface area contributed by atoms with Crippen LogP contribution >= 0.6 is 0 Å². The Balaban J connectivity index is 0.000000281. The number of aromatic nitrogens is 1. The smallest absolute Gasteiger partial charge is 0.0513 e. The largest absolute Gasteiger partial charge is 0.260 e. The van der Waals surface area contributed by atoms with E-state index < -0.39 is 0 Å². The molecule has 0 N–H and O–H groups in total. The molecule has 0 bridgehead atoms. The summed E-state index contributed by atoms with van der Waals surface area (Å²) in [5, 5.41) is 0. The quantitative estimate of drug-likeness (QED) is 0.549. The van der Waals surface area contributed by atoms with Crippen molar-refractivity contribution in [3.63, 3.8) is 0 Å². The summed E-state index contributed by atoms with van der Waals surface area (Å²) in [5.74, 6) is 0. The van der Waals surface area contributed by atoms with Crippen molar-refractivity contribution in [3.8, 4) is 0 Å². The first-order valence-electron chi connectivity index (χ1n) is 4.07. The van der Waals surface area contributed by atoms with Crippen LogP contribution in [0.15, 0.2) is 24.4 Å². The van der Waals surface area contributed by atoms with E-state index in [-0.39, 0.29) is 0 Å². The first-order chi connectivity index (χ1) is 5.47. The Hall–Kier alpha value is -1.11. The first-order valence-corrected chi connectivity index (χ1v) is 4.07. The summed E-state index contributed by atoms with van der Waals surface area (Å²) in [5.41, 5.74) is 2.48. The van der Waals surface area contributed by atoms with Crippen LogP contribution in [0.25, 0.3) is 6.08 Å². The van der Waals surface area contributed by atoms with Crippen LogP contribution in [0.4, 0.5) is 0 Å². The molecule has 0 saturated heterocycles. The van der Waals surface area contributed by atoms with Crippen molar-refractivity contribution < 1.29 is 0 Å². The maximum atomic E-state index is 4.20. The Labute approximate surface area is 67.8 Å². The van der Waals surface area contributed by atoms with Crippen molar-refractivity contribution in [1.29, 1.82) is 0 Å². The minimum atomic E-state index is 1.01. The SMILES string of the molecule is C1=Cc2cccnc2C1.CC. The topological polar surface area (TPSA) is 12.9 Å². The van der Waals surface area contributed by atoms with Crippen molar-refractivity contribution >= 4 is 6.08 Å². The van der Waals surface area contributed by atoms with Crippen LogP contribution in [0.2, 0.25) is 0 Å². The average Bonchev–Trinajstić information content (AvgIpc) is 2.55. The number of nitrogens with zero attached hydrogens (tertiary/aromatic N) is 1. The van der Waals surface area contributed by atoms with Crippen LogP contribution in [-0.4, -0.2) is 4.98 Å². The van der Waals surface area contributed by atoms with Gasteiger partial charge in [0, 0.05) is 12.6 Å². The zero-order valence-electron chi connectivity index (χ0n) is 7.04. The molecule has 2 rings (SSSR count). The van der Waals surface area contributed by atoms with Crippen molar-refractivity contribution in [3.05, 3.63) is 35.7 Å². The van der Waals surface area contributed by atoms with E-state index in [2.05, 4.69) is 23.2 Å². The highest BCUT2D eigenvalue weighted by atomic mass is 14.7. The van der Waals surface area contributed by atoms with Gasteiger partial charge in [-0.1, -0.05) is 32.1 Å². The van der Waals surface area contributed by atoms with E-state index in [4.69, 9.17) is 0 Å². The molecule has 11 heavy (non-hydrogen) atoms. The molecule has 1 heteroatoms. The van der Waals surface area contributed by atoms with Crippen LogP contribution < -0.4 is 0 Å². The van der Waals surface area contributed by atoms with Crippen molar-refractivity contribution in [1.82, 2.24) is 4.98 Å². The second-order valence-electron chi connectivity index (χ2n) is 2.15. The summed E-state index contributed by atoms with van der Waals surface area (Å²) in [6.07, 6.45) is 7.10. The lowest BCUT2D eigenvalue weighted by Gasteiger charge is -1.92. The van der Waals surface area contributed by atoms with Gasteiger partial charge in [0.25, 0.3) is 0 Å². The van der Waals surface area contributed by atoms with Gasteiger partial charge in [-0.15, -0.1) is 0 Å². The molecule has 1 nitrogen and oxygen atoms in total. The number of allylic oxidation sites excluding steroid dienone is 1. The fraction of sp³-hybridized carbons (Fsp3) is 0.300. The second-order valence-corrected chi connectivity index (χ2v) is 2.15. The number of hydrogen-bond donors (Lipinski definition) is 0. The fourth-order valence-electron chi connectivity index (χ4n) is 1.07. The molecule has 0 radical (unpaired) electrons. The molecule has 0 atom stereocenters. The van der Waals surface area contributed by atoms with Crippen LogP contribution in [0.3, 0.4) is 0 Å². The normalized spacial score (nSPS) is 11.8. The van der Waals surface area contributed by atoms with E-state index in [0.717, 1.165) is 6.42 Å². The molecule has 1 aliphatic carbocycles. The van der Waals surface area contributed by atoms with E-state index in [1.54, 1.807) is 0 Å². The molecule has 0 spiro atoms. The number of pyridine rings is 1. The molecule has 0 saturated carbocycles. The van der Waals surface area contributed by atoms with Gasteiger partial charge in [-0.2, -0.15) is 0 Å². The summed E-state index contributed by atoms with van der Waals surface area (Å²) in [7, 11) is 0.